The average molecular weight is 356 g/mol. The Hall–Kier alpha value is -2.86. The Labute approximate surface area is 153 Å². The fourth-order valence-electron chi connectivity index (χ4n) is 2.38. The van der Waals surface area contributed by atoms with Gasteiger partial charge in [0.05, 0.1) is 17.9 Å². The van der Waals surface area contributed by atoms with Crippen LogP contribution in [0.25, 0.3) is 0 Å². The fourth-order valence-corrected chi connectivity index (χ4v) is 2.38. The Morgan fingerprint density at radius 2 is 1.77 bits per heavy atom. The number of carbonyl (C=O) groups excluding carboxylic acids is 2. The fraction of sp³-hybridized carbons (Fsp3) is 0.300. The Morgan fingerprint density at radius 3 is 2.46 bits per heavy atom. The lowest BCUT2D eigenvalue weighted by Crippen LogP contribution is -2.38. The van der Waals surface area contributed by atoms with Gasteiger partial charge in [-0.05, 0) is 38.1 Å². The quantitative estimate of drug-likeness (QED) is 0.711. The van der Waals surface area contributed by atoms with E-state index in [9.17, 15) is 9.59 Å². The van der Waals surface area contributed by atoms with E-state index in [0.29, 0.717) is 17.9 Å². The third-order valence-corrected chi connectivity index (χ3v) is 3.64. The number of hydrogen-bond donors (Lipinski definition) is 2. The summed E-state index contributed by atoms with van der Waals surface area (Å²) in [5, 5.41) is 5.89. The summed E-state index contributed by atoms with van der Waals surface area (Å²) in [4.78, 5) is 24.2. The standard InChI is InChI=1S/C20H24N2O4/c1-14-8-10-16(11-9-14)22-18-7-5-4-6-17(18)20(24)26-13-19(23)21-15(2)12-25-3/h4-11,15,22H,12-13H2,1-3H3,(H,21,23)/t15-/m1/s1. The van der Waals surface area contributed by atoms with Gasteiger partial charge < -0.3 is 20.1 Å². The number of ether oxygens (including phenoxy) is 2. The van der Waals surface area contributed by atoms with Crippen molar-refractivity contribution in [1.82, 2.24) is 5.32 Å². The van der Waals surface area contributed by atoms with Crippen LogP contribution in [0.5, 0.6) is 0 Å². The van der Waals surface area contributed by atoms with E-state index in [1.54, 1.807) is 25.3 Å². The zero-order valence-corrected chi connectivity index (χ0v) is 15.2. The molecule has 0 aliphatic rings. The van der Waals surface area contributed by atoms with E-state index in [1.165, 1.54) is 0 Å². The number of esters is 1. The molecule has 6 nitrogen and oxygen atoms in total. The van der Waals surface area contributed by atoms with Gasteiger partial charge in [0, 0.05) is 18.8 Å². The lowest BCUT2D eigenvalue weighted by atomic mass is 10.1. The number of hydrogen-bond acceptors (Lipinski definition) is 5. The second kappa shape index (κ2) is 9.58. The van der Waals surface area contributed by atoms with Crippen molar-refractivity contribution in [3.8, 4) is 0 Å². The number of rotatable bonds is 8. The van der Waals surface area contributed by atoms with Crippen molar-refractivity contribution in [2.75, 3.05) is 25.6 Å². The first kappa shape index (κ1) is 19.5. The average Bonchev–Trinajstić information content (AvgIpc) is 2.62. The molecule has 2 N–H and O–H groups in total. The summed E-state index contributed by atoms with van der Waals surface area (Å²) < 4.78 is 10.1. The second-order valence-corrected chi connectivity index (χ2v) is 6.04. The van der Waals surface area contributed by atoms with Crippen LogP contribution in [0.3, 0.4) is 0 Å². The van der Waals surface area contributed by atoms with Crippen LogP contribution in [-0.4, -0.2) is 38.2 Å². The van der Waals surface area contributed by atoms with Crippen LogP contribution in [-0.2, 0) is 14.3 Å². The van der Waals surface area contributed by atoms with Crippen molar-refractivity contribution < 1.29 is 19.1 Å². The third kappa shape index (κ3) is 5.89. The molecule has 0 spiro atoms. The Kier molecular flexibility index (Phi) is 7.17. The van der Waals surface area contributed by atoms with Crippen LogP contribution in [0.1, 0.15) is 22.8 Å². The normalized spacial score (nSPS) is 11.5. The molecule has 0 unspecified atom stereocenters. The predicted molar refractivity (Wildman–Crippen MR) is 101 cm³/mol. The number of methoxy groups -OCH3 is 1. The summed E-state index contributed by atoms with van der Waals surface area (Å²) in [5.74, 6) is -0.929. The molecule has 1 amide bonds. The summed E-state index contributed by atoms with van der Waals surface area (Å²) in [6.45, 7) is 3.87. The first-order valence-electron chi connectivity index (χ1n) is 8.37. The highest BCUT2D eigenvalue weighted by molar-refractivity contribution is 5.97. The monoisotopic (exact) mass is 356 g/mol. The molecule has 0 aromatic heterocycles. The third-order valence-electron chi connectivity index (χ3n) is 3.64. The van der Waals surface area contributed by atoms with Crippen LogP contribution >= 0.6 is 0 Å². The summed E-state index contributed by atoms with van der Waals surface area (Å²) in [6, 6.07) is 14.7. The molecule has 2 rings (SSSR count). The number of carbonyl (C=O) groups is 2. The first-order valence-corrected chi connectivity index (χ1v) is 8.37. The Balaban J connectivity index is 1.98. The van der Waals surface area contributed by atoms with Crippen LogP contribution in [0.2, 0.25) is 0 Å². The van der Waals surface area contributed by atoms with Crippen molar-refractivity contribution in [2.24, 2.45) is 0 Å². The first-order chi connectivity index (χ1) is 12.5. The zero-order valence-electron chi connectivity index (χ0n) is 15.2. The van der Waals surface area contributed by atoms with Crippen molar-refractivity contribution in [3.05, 3.63) is 59.7 Å². The molecule has 0 saturated heterocycles. The highest BCUT2D eigenvalue weighted by Gasteiger charge is 2.15. The molecule has 0 aliphatic carbocycles. The lowest BCUT2D eigenvalue weighted by Gasteiger charge is -2.14. The molecule has 0 saturated carbocycles. The molecule has 0 aliphatic heterocycles. The van der Waals surface area contributed by atoms with E-state index < -0.39 is 5.97 Å². The molecular weight excluding hydrogens is 332 g/mol. The van der Waals surface area contributed by atoms with E-state index in [1.807, 2.05) is 44.2 Å². The zero-order chi connectivity index (χ0) is 18.9. The smallest absolute Gasteiger partial charge is 0.340 e. The molecule has 138 valence electrons. The van der Waals surface area contributed by atoms with Gasteiger partial charge in [0.15, 0.2) is 6.61 Å². The number of anilines is 2. The maximum absolute atomic E-state index is 12.4. The molecule has 2 aromatic rings. The minimum Gasteiger partial charge on any atom is -0.452 e. The molecule has 0 radical (unpaired) electrons. The lowest BCUT2D eigenvalue weighted by molar-refractivity contribution is -0.125. The molecule has 6 heteroatoms. The van der Waals surface area contributed by atoms with Gasteiger partial charge in [0.2, 0.25) is 0 Å². The topological polar surface area (TPSA) is 76.7 Å². The van der Waals surface area contributed by atoms with Gasteiger partial charge in [-0.15, -0.1) is 0 Å². The molecule has 2 aromatic carbocycles. The summed E-state index contributed by atoms with van der Waals surface area (Å²) in [7, 11) is 1.56. The van der Waals surface area contributed by atoms with Crippen LogP contribution in [0.15, 0.2) is 48.5 Å². The predicted octanol–water partition coefficient (Wildman–Crippen LogP) is 3.05. The molecular formula is C20H24N2O4. The molecule has 0 bridgehead atoms. The Morgan fingerprint density at radius 1 is 1.08 bits per heavy atom. The largest absolute Gasteiger partial charge is 0.452 e. The van der Waals surface area contributed by atoms with Crippen molar-refractivity contribution in [2.45, 2.75) is 19.9 Å². The second-order valence-electron chi connectivity index (χ2n) is 6.04. The maximum atomic E-state index is 12.4. The minimum absolute atomic E-state index is 0.151. The van der Waals surface area contributed by atoms with Gasteiger partial charge in [0.1, 0.15) is 0 Å². The van der Waals surface area contributed by atoms with Gasteiger partial charge in [-0.25, -0.2) is 4.79 Å². The molecule has 0 heterocycles. The molecule has 0 fully saturated rings. The van der Waals surface area contributed by atoms with E-state index >= 15 is 0 Å². The van der Waals surface area contributed by atoms with E-state index in [4.69, 9.17) is 9.47 Å². The van der Waals surface area contributed by atoms with Crippen LogP contribution < -0.4 is 10.6 Å². The van der Waals surface area contributed by atoms with Crippen molar-refractivity contribution in [3.63, 3.8) is 0 Å². The summed E-state index contributed by atoms with van der Waals surface area (Å²) >= 11 is 0. The number of nitrogens with one attached hydrogen (secondary N) is 2. The number of amides is 1. The van der Waals surface area contributed by atoms with Gasteiger partial charge >= 0.3 is 5.97 Å². The number of aryl methyl sites for hydroxylation is 1. The van der Waals surface area contributed by atoms with Gasteiger partial charge in [0.25, 0.3) is 5.91 Å². The number of para-hydroxylation sites is 1. The van der Waals surface area contributed by atoms with E-state index in [-0.39, 0.29) is 18.6 Å². The highest BCUT2D eigenvalue weighted by atomic mass is 16.5. The van der Waals surface area contributed by atoms with Crippen molar-refractivity contribution in [1.29, 1.82) is 0 Å². The van der Waals surface area contributed by atoms with E-state index in [2.05, 4.69) is 10.6 Å². The minimum atomic E-state index is -0.560. The van der Waals surface area contributed by atoms with Gasteiger partial charge in [-0.2, -0.15) is 0 Å². The molecule has 1 atom stereocenters. The van der Waals surface area contributed by atoms with Crippen LogP contribution in [0, 0.1) is 6.92 Å². The van der Waals surface area contributed by atoms with Gasteiger partial charge in [-0.1, -0.05) is 29.8 Å². The summed E-state index contributed by atoms with van der Waals surface area (Å²) in [6.07, 6.45) is 0. The van der Waals surface area contributed by atoms with Crippen molar-refractivity contribution >= 4 is 23.3 Å². The van der Waals surface area contributed by atoms with E-state index in [0.717, 1.165) is 11.3 Å². The van der Waals surface area contributed by atoms with Crippen LogP contribution in [0.4, 0.5) is 11.4 Å². The van der Waals surface area contributed by atoms with Gasteiger partial charge in [-0.3, -0.25) is 4.79 Å². The highest BCUT2D eigenvalue weighted by Crippen LogP contribution is 2.21. The summed E-state index contributed by atoms with van der Waals surface area (Å²) in [5.41, 5.74) is 3.00. The SMILES string of the molecule is COC[C@@H](C)NC(=O)COC(=O)c1ccccc1Nc1ccc(C)cc1. The Bertz CT molecular complexity index is 744. The maximum Gasteiger partial charge on any atom is 0.340 e. The number of benzene rings is 2. The molecule has 26 heavy (non-hydrogen) atoms.